The number of carbonyl (C=O) groups is 1. The number of hydrogen-bond donors (Lipinski definition) is 1. The molecule has 1 aliphatic rings. The summed E-state index contributed by atoms with van der Waals surface area (Å²) in [6.45, 7) is 5.90. The molecular weight excluding hydrogens is 376 g/mol. The minimum atomic E-state index is -0.448. The molecule has 1 heterocycles. The molecule has 0 saturated carbocycles. The van der Waals surface area contributed by atoms with Crippen LogP contribution in [0.15, 0.2) is 53.7 Å². The minimum absolute atomic E-state index is 0.0868. The molecule has 2 amide bonds. The first-order valence-corrected chi connectivity index (χ1v) is 9.51. The highest BCUT2D eigenvalue weighted by atomic mass is 19.1. The van der Waals surface area contributed by atoms with Crippen molar-refractivity contribution in [3.05, 3.63) is 71.3 Å². The molecule has 1 unspecified atom stereocenters. The average Bonchev–Trinajstić information content (AvgIpc) is 3.10. The molecule has 2 aromatic carbocycles. The molecule has 0 aliphatic carbocycles. The van der Waals surface area contributed by atoms with E-state index in [0.29, 0.717) is 23.3 Å². The molecule has 154 valence electrons. The molecule has 7 heteroatoms. The van der Waals surface area contributed by atoms with E-state index in [4.69, 9.17) is 4.84 Å². The first kappa shape index (κ1) is 20.8. The second-order valence-electron chi connectivity index (χ2n) is 8.10. The second-order valence-corrected chi connectivity index (χ2v) is 8.10. The molecule has 0 radical (unpaired) electrons. The van der Waals surface area contributed by atoms with Crippen molar-refractivity contribution in [1.82, 2.24) is 10.2 Å². The number of benzene rings is 2. The number of nitrogens with zero attached hydrogens (tertiary/aromatic N) is 2. The molecule has 1 N–H and O–H groups in total. The number of oxime groups is 1. The quantitative estimate of drug-likeness (QED) is 0.804. The Balaban J connectivity index is 1.73. The predicted molar refractivity (Wildman–Crippen MR) is 108 cm³/mol. The largest absolute Gasteiger partial charge is 0.390 e. The highest BCUT2D eigenvalue weighted by molar-refractivity contribution is 6.01. The van der Waals surface area contributed by atoms with E-state index in [1.807, 2.05) is 20.8 Å². The molecule has 0 spiro atoms. The molecule has 1 atom stereocenters. The molecule has 1 aliphatic heterocycles. The van der Waals surface area contributed by atoms with Crippen LogP contribution in [0.25, 0.3) is 0 Å². The first-order chi connectivity index (χ1) is 13.7. The predicted octanol–water partition coefficient (Wildman–Crippen LogP) is 4.47. The Morgan fingerprint density at radius 2 is 1.79 bits per heavy atom. The van der Waals surface area contributed by atoms with Gasteiger partial charge >= 0.3 is 6.03 Å². The molecule has 29 heavy (non-hydrogen) atoms. The van der Waals surface area contributed by atoms with E-state index in [0.717, 1.165) is 0 Å². The number of hydrogen-bond acceptors (Lipinski definition) is 3. The summed E-state index contributed by atoms with van der Waals surface area (Å²) in [7, 11) is 0. The number of carbonyl (C=O) groups excluding carboxylic acids is 1. The smallest absolute Gasteiger partial charge is 0.318 e. The zero-order valence-corrected chi connectivity index (χ0v) is 16.8. The number of rotatable bonds is 5. The summed E-state index contributed by atoms with van der Waals surface area (Å²) in [5, 5.41) is 6.90. The van der Waals surface area contributed by atoms with Gasteiger partial charge in [-0.2, -0.15) is 0 Å². The second kappa shape index (κ2) is 8.59. The van der Waals surface area contributed by atoms with Crippen LogP contribution in [0, 0.1) is 11.6 Å². The van der Waals surface area contributed by atoms with Crippen LogP contribution in [0.3, 0.4) is 0 Å². The average molecular weight is 401 g/mol. The Hall–Kier alpha value is -2.96. The number of halogens is 2. The summed E-state index contributed by atoms with van der Waals surface area (Å²) in [6.07, 6.45) is -0.0839. The van der Waals surface area contributed by atoms with Crippen molar-refractivity contribution in [3.8, 4) is 0 Å². The Labute approximate surface area is 169 Å². The van der Waals surface area contributed by atoms with Gasteiger partial charge in [-0.1, -0.05) is 41.6 Å². The maximum Gasteiger partial charge on any atom is 0.318 e. The van der Waals surface area contributed by atoms with Crippen LogP contribution >= 0.6 is 0 Å². The van der Waals surface area contributed by atoms with Crippen LogP contribution in [0.4, 0.5) is 13.6 Å². The molecule has 3 rings (SSSR count). The third-order valence-electron chi connectivity index (χ3n) is 4.43. The Morgan fingerprint density at radius 1 is 1.14 bits per heavy atom. The fraction of sp³-hybridized carbons (Fsp3) is 0.364. The normalized spacial score (nSPS) is 16.2. The summed E-state index contributed by atoms with van der Waals surface area (Å²) in [5.74, 6) is -0.749. The van der Waals surface area contributed by atoms with E-state index in [1.54, 1.807) is 36.4 Å². The van der Waals surface area contributed by atoms with E-state index in [2.05, 4.69) is 10.5 Å². The highest BCUT2D eigenvalue weighted by Gasteiger charge is 2.29. The van der Waals surface area contributed by atoms with Gasteiger partial charge in [0.1, 0.15) is 11.6 Å². The molecule has 0 bridgehead atoms. The van der Waals surface area contributed by atoms with E-state index >= 15 is 0 Å². The topological polar surface area (TPSA) is 53.9 Å². The Bertz CT molecular complexity index is 909. The van der Waals surface area contributed by atoms with Crippen LogP contribution in [-0.2, 0) is 11.4 Å². The van der Waals surface area contributed by atoms with E-state index < -0.39 is 11.6 Å². The van der Waals surface area contributed by atoms with E-state index in [1.165, 1.54) is 17.0 Å². The van der Waals surface area contributed by atoms with Crippen molar-refractivity contribution >= 4 is 11.7 Å². The van der Waals surface area contributed by atoms with Crippen molar-refractivity contribution in [2.24, 2.45) is 5.16 Å². The zero-order chi connectivity index (χ0) is 21.0. The standard InChI is InChI=1S/C22H25F2N3O2/c1-22(2,3)25-21(28)27(13-15-8-4-6-10-18(15)23)14-16-12-20(26-29-16)17-9-5-7-11-19(17)24/h4-11,16H,12-14H2,1-3H3,(H,25,28). The molecule has 0 saturated heterocycles. The van der Waals surface area contributed by atoms with Gasteiger partial charge in [-0.15, -0.1) is 0 Å². The fourth-order valence-electron chi connectivity index (χ4n) is 3.08. The van der Waals surface area contributed by atoms with Crippen LogP contribution in [0.5, 0.6) is 0 Å². The van der Waals surface area contributed by atoms with Crippen LogP contribution in [-0.4, -0.2) is 34.8 Å². The SMILES string of the molecule is CC(C)(C)NC(=O)N(Cc1ccccc1F)CC1CC(c2ccccc2F)=NO1. The zero-order valence-electron chi connectivity index (χ0n) is 16.8. The van der Waals surface area contributed by atoms with Gasteiger partial charge < -0.3 is 15.1 Å². The lowest BCUT2D eigenvalue weighted by Gasteiger charge is -2.29. The van der Waals surface area contributed by atoms with Gasteiger partial charge in [0, 0.05) is 23.1 Å². The van der Waals surface area contributed by atoms with Gasteiger partial charge in [-0.3, -0.25) is 0 Å². The van der Waals surface area contributed by atoms with Gasteiger partial charge in [0.2, 0.25) is 0 Å². The van der Waals surface area contributed by atoms with Gasteiger partial charge in [-0.25, -0.2) is 13.6 Å². The van der Waals surface area contributed by atoms with Crippen LogP contribution in [0.1, 0.15) is 38.3 Å². The van der Waals surface area contributed by atoms with Crippen molar-refractivity contribution in [3.63, 3.8) is 0 Å². The van der Waals surface area contributed by atoms with Crippen LogP contribution < -0.4 is 5.32 Å². The van der Waals surface area contributed by atoms with E-state index in [9.17, 15) is 13.6 Å². The van der Waals surface area contributed by atoms with Crippen molar-refractivity contribution in [1.29, 1.82) is 0 Å². The number of urea groups is 1. The van der Waals surface area contributed by atoms with Gasteiger partial charge in [0.15, 0.2) is 6.10 Å². The molecule has 0 fully saturated rings. The monoisotopic (exact) mass is 401 g/mol. The lowest BCUT2D eigenvalue weighted by molar-refractivity contribution is 0.0578. The van der Waals surface area contributed by atoms with Gasteiger partial charge in [-0.05, 0) is 32.9 Å². The number of nitrogens with one attached hydrogen (secondary N) is 1. The van der Waals surface area contributed by atoms with Crippen LogP contribution in [0.2, 0.25) is 0 Å². The van der Waals surface area contributed by atoms with Gasteiger partial charge in [0.25, 0.3) is 0 Å². The summed E-state index contributed by atoms with van der Waals surface area (Å²) in [5.41, 5.74) is 0.838. The third kappa shape index (κ3) is 5.53. The summed E-state index contributed by atoms with van der Waals surface area (Å²) < 4.78 is 28.2. The maximum atomic E-state index is 14.1. The highest BCUT2D eigenvalue weighted by Crippen LogP contribution is 2.21. The van der Waals surface area contributed by atoms with E-state index in [-0.39, 0.29) is 30.8 Å². The third-order valence-corrected chi connectivity index (χ3v) is 4.43. The molecule has 5 nitrogen and oxygen atoms in total. The molecular formula is C22H25F2N3O2. The fourth-order valence-corrected chi connectivity index (χ4v) is 3.08. The summed E-state index contributed by atoms with van der Waals surface area (Å²) in [6, 6.07) is 12.4. The number of amides is 2. The summed E-state index contributed by atoms with van der Waals surface area (Å²) in [4.78, 5) is 19.8. The minimum Gasteiger partial charge on any atom is -0.390 e. The van der Waals surface area contributed by atoms with Crippen molar-refractivity contribution in [2.45, 2.75) is 45.4 Å². The first-order valence-electron chi connectivity index (χ1n) is 9.51. The lowest BCUT2D eigenvalue weighted by Crippen LogP contribution is -2.50. The maximum absolute atomic E-state index is 14.1. The van der Waals surface area contributed by atoms with Crippen molar-refractivity contribution in [2.75, 3.05) is 6.54 Å². The Kier molecular flexibility index (Phi) is 6.15. The van der Waals surface area contributed by atoms with Gasteiger partial charge in [0.05, 0.1) is 18.8 Å². The molecule has 2 aromatic rings. The summed E-state index contributed by atoms with van der Waals surface area (Å²) >= 11 is 0. The Morgan fingerprint density at radius 3 is 2.45 bits per heavy atom. The van der Waals surface area contributed by atoms with Crippen molar-refractivity contribution < 1.29 is 18.4 Å². The lowest BCUT2D eigenvalue weighted by atomic mass is 10.0. The molecule has 0 aromatic heterocycles.